The molecule has 8 heteroatoms. The van der Waals surface area contributed by atoms with E-state index in [2.05, 4.69) is 27.3 Å². The van der Waals surface area contributed by atoms with Gasteiger partial charge in [0.1, 0.15) is 0 Å². The Morgan fingerprint density at radius 3 is 2.50 bits per heavy atom. The summed E-state index contributed by atoms with van der Waals surface area (Å²) in [6.45, 7) is 3.06. The van der Waals surface area contributed by atoms with Gasteiger partial charge < -0.3 is 4.90 Å². The zero-order valence-electron chi connectivity index (χ0n) is 18.8. The van der Waals surface area contributed by atoms with Crippen LogP contribution in [0.15, 0.2) is 73.2 Å². The molecule has 170 valence electrons. The molecule has 2 aromatic heterocycles. The predicted molar refractivity (Wildman–Crippen MR) is 128 cm³/mol. The number of aryl methyl sites for hydroxylation is 1. The summed E-state index contributed by atoms with van der Waals surface area (Å²) in [5, 5.41) is 6.98. The van der Waals surface area contributed by atoms with Crippen LogP contribution in [0.5, 0.6) is 0 Å². The Morgan fingerprint density at radius 1 is 1.03 bits per heavy atom. The predicted octanol–water partition coefficient (Wildman–Crippen LogP) is 3.68. The maximum Gasteiger partial charge on any atom is 0.258 e. The molecule has 0 saturated carbocycles. The van der Waals surface area contributed by atoms with Crippen molar-refractivity contribution in [2.45, 2.75) is 26.3 Å². The van der Waals surface area contributed by atoms with E-state index in [1.165, 1.54) is 5.56 Å². The Kier molecular flexibility index (Phi) is 5.86. The van der Waals surface area contributed by atoms with E-state index in [0.717, 1.165) is 23.4 Å². The van der Waals surface area contributed by atoms with Crippen molar-refractivity contribution in [3.05, 3.63) is 101 Å². The lowest BCUT2D eigenvalue weighted by Gasteiger charge is -2.28. The summed E-state index contributed by atoms with van der Waals surface area (Å²) in [5.41, 5.74) is 5.00. The van der Waals surface area contributed by atoms with Crippen molar-refractivity contribution < 1.29 is 9.59 Å². The van der Waals surface area contributed by atoms with Crippen molar-refractivity contribution in [2.75, 3.05) is 11.9 Å². The van der Waals surface area contributed by atoms with Crippen LogP contribution in [0.25, 0.3) is 5.69 Å². The number of amides is 2. The van der Waals surface area contributed by atoms with Gasteiger partial charge in [-0.15, -0.1) is 0 Å². The Hall–Kier alpha value is -4.33. The van der Waals surface area contributed by atoms with Gasteiger partial charge in [0.15, 0.2) is 0 Å². The summed E-state index contributed by atoms with van der Waals surface area (Å²) in [4.78, 5) is 36.2. The molecule has 0 aliphatic carbocycles. The second-order valence-corrected chi connectivity index (χ2v) is 8.14. The van der Waals surface area contributed by atoms with Gasteiger partial charge in [0.05, 0.1) is 11.4 Å². The minimum absolute atomic E-state index is 0.0365. The molecule has 8 nitrogen and oxygen atoms in total. The lowest BCUT2D eigenvalue weighted by atomic mass is 10.1. The summed E-state index contributed by atoms with van der Waals surface area (Å²) in [5.74, 6) is -0.00310. The molecule has 34 heavy (non-hydrogen) atoms. The van der Waals surface area contributed by atoms with Crippen LogP contribution >= 0.6 is 0 Å². The zero-order chi connectivity index (χ0) is 23.5. The molecule has 3 heterocycles. The van der Waals surface area contributed by atoms with Gasteiger partial charge in [-0.3, -0.25) is 14.9 Å². The summed E-state index contributed by atoms with van der Waals surface area (Å²) in [6.07, 6.45) is 6.79. The fourth-order valence-electron chi connectivity index (χ4n) is 3.98. The number of carbonyl (C=O) groups is 2. The van der Waals surface area contributed by atoms with Crippen LogP contribution in [-0.2, 0) is 19.4 Å². The average Bonchev–Trinajstić information content (AvgIpc) is 3.43. The monoisotopic (exact) mass is 452 g/mol. The van der Waals surface area contributed by atoms with E-state index in [4.69, 9.17) is 0 Å². The zero-order valence-corrected chi connectivity index (χ0v) is 18.8. The van der Waals surface area contributed by atoms with E-state index in [0.29, 0.717) is 30.6 Å². The maximum atomic E-state index is 13.0. The van der Waals surface area contributed by atoms with Crippen molar-refractivity contribution in [2.24, 2.45) is 0 Å². The van der Waals surface area contributed by atoms with Crippen molar-refractivity contribution in [1.82, 2.24) is 24.6 Å². The molecule has 0 atom stereocenters. The Bertz CT molecular complexity index is 1310. The molecular formula is C26H24N6O2. The third-order valence-corrected chi connectivity index (χ3v) is 5.95. The molecule has 0 saturated heterocycles. The van der Waals surface area contributed by atoms with Crippen molar-refractivity contribution in [3.63, 3.8) is 0 Å². The number of fused-ring (bicyclic) bond motifs is 1. The van der Waals surface area contributed by atoms with Crippen molar-refractivity contribution >= 4 is 17.8 Å². The van der Waals surface area contributed by atoms with E-state index in [-0.39, 0.29) is 17.8 Å². The lowest BCUT2D eigenvalue weighted by Crippen LogP contribution is -2.36. The fourth-order valence-corrected chi connectivity index (χ4v) is 3.98. The average molecular weight is 453 g/mol. The number of anilines is 1. The topological polar surface area (TPSA) is 93.0 Å². The van der Waals surface area contributed by atoms with Gasteiger partial charge in [-0.05, 0) is 54.4 Å². The first-order valence-corrected chi connectivity index (χ1v) is 11.2. The SMILES string of the molecule is CCc1ccc(C(=O)Nc2ncc3c(n2)CCN(C(=O)c2ccc(-n4cccn4)cc2)C3)cc1. The highest BCUT2D eigenvalue weighted by molar-refractivity contribution is 6.03. The minimum Gasteiger partial charge on any atom is -0.334 e. The van der Waals surface area contributed by atoms with Crippen LogP contribution in [0.2, 0.25) is 0 Å². The standard InChI is InChI=1S/C26H24N6O2/c1-2-18-4-6-19(7-5-18)24(33)30-26-27-16-21-17-31(15-12-23(21)29-26)25(34)20-8-10-22(11-9-20)32-14-3-13-28-32/h3-11,13-14,16H,2,12,15,17H2,1H3,(H,27,29,30,33). The third-order valence-electron chi connectivity index (χ3n) is 5.95. The number of carbonyl (C=O) groups excluding carboxylic acids is 2. The number of aromatic nitrogens is 4. The number of rotatable bonds is 5. The molecule has 0 fully saturated rings. The second kappa shape index (κ2) is 9.27. The highest BCUT2D eigenvalue weighted by Gasteiger charge is 2.23. The van der Waals surface area contributed by atoms with Gasteiger partial charge in [-0.1, -0.05) is 19.1 Å². The molecule has 2 aromatic carbocycles. The minimum atomic E-state index is -0.242. The molecular weight excluding hydrogens is 428 g/mol. The van der Waals surface area contributed by atoms with E-state index in [1.807, 2.05) is 48.7 Å². The number of nitrogens with one attached hydrogen (secondary N) is 1. The number of hydrogen-bond acceptors (Lipinski definition) is 5. The van der Waals surface area contributed by atoms with E-state index in [1.54, 1.807) is 34.1 Å². The largest absolute Gasteiger partial charge is 0.334 e. The van der Waals surface area contributed by atoms with Crippen LogP contribution in [-0.4, -0.2) is 43.0 Å². The van der Waals surface area contributed by atoms with Gasteiger partial charge in [-0.2, -0.15) is 5.10 Å². The quantitative estimate of drug-likeness (QED) is 0.499. The smallest absolute Gasteiger partial charge is 0.258 e. The molecule has 1 aliphatic rings. The van der Waals surface area contributed by atoms with E-state index < -0.39 is 0 Å². The first-order valence-electron chi connectivity index (χ1n) is 11.2. The Morgan fingerprint density at radius 2 is 1.79 bits per heavy atom. The molecule has 1 N–H and O–H groups in total. The van der Waals surface area contributed by atoms with Gasteiger partial charge in [-0.25, -0.2) is 14.6 Å². The van der Waals surface area contributed by atoms with Crippen LogP contribution in [0.1, 0.15) is 44.5 Å². The van der Waals surface area contributed by atoms with Gasteiger partial charge in [0, 0.05) is 54.8 Å². The normalized spacial score (nSPS) is 12.8. The molecule has 0 radical (unpaired) electrons. The summed E-state index contributed by atoms with van der Waals surface area (Å²) >= 11 is 0. The molecule has 1 aliphatic heterocycles. The first kappa shape index (κ1) is 21.5. The maximum absolute atomic E-state index is 13.0. The van der Waals surface area contributed by atoms with E-state index >= 15 is 0 Å². The molecule has 0 spiro atoms. The summed E-state index contributed by atoms with van der Waals surface area (Å²) in [6, 6.07) is 16.7. The first-order chi connectivity index (χ1) is 16.6. The van der Waals surface area contributed by atoms with Gasteiger partial charge in [0.2, 0.25) is 5.95 Å². The molecule has 2 amide bonds. The second-order valence-electron chi connectivity index (χ2n) is 8.14. The number of nitrogens with zero attached hydrogens (tertiary/aromatic N) is 5. The molecule has 4 aromatic rings. The molecule has 0 unspecified atom stereocenters. The number of hydrogen-bond donors (Lipinski definition) is 1. The van der Waals surface area contributed by atoms with Crippen LogP contribution in [0, 0.1) is 0 Å². The Labute approximate surface area is 197 Å². The van der Waals surface area contributed by atoms with Crippen molar-refractivity contribution in [1.29, 1.82) is 0 Å². The molecule has 0 bridgehead atoms. The highest BCUT2D eigenvalue weighted by Crippen LogP contribution is 2.21. The van der Waals surface area contributed by atoms with Gasteiger partial charge in [0.25, 0.3) is 11.8 Å². The third kappa shape index (κ3) is 4.43. The fraction of sp³-hybridized carbons (Fsp3) is 0.192. The lowest BCUT2D eigenvalue weighted by molar-refractivity contribution is 0.0733. The van der Waals surface area contributed by atoms with Crippen LogP contribution in [0.4, 0.5) is 5.95 Å². The Balaban J connectivity index is 1.24. The summed E-state index contributed by atoms with van der Waals surface area (Å²) in [7, 11) is 0. The van der Waals surface area contributed by atoms with Gasteiger partial charge >= 0.3 is 0 Å². The van der Waals surface area contributed by atoms with Crippen LogP contribution < -0.4 is 5.32 Å². The summed E-state index contributed by atoms with van der Waals surface area (Å²) < 4.78 is 1.75. The highest BCUT2D eigenvalue weighted by atomic mass is 16.2. The number of benzene rings is 2. The van der Waals surface area contributed by atoms with Crippen LogP contribution in [0.3, 0.4) is 0 Å². The molecule has 5 rings (SSSR count). The van der Waals surface area contributed by atoms with E-state index in [9.17, 15) is 9.59 Å². The van der Waals surface area contributed by atoms with Crippen molar-refractivity contribution in [3.8, 4) is 5.69 Å².